The first-order valence-corrected chi connectivity index (χ1v) is 6.63. The van der Waals surface area contributed by atoms with Crippen molar-refractivity contribution in [2.45, 2.75) is 20.3 Å². The fourth-order valence-electron chi connectivity index (χ4n) is 1.71. The Morgan fingerprint density at radius 2 is 2.26 bits per heavy atom. The molecule has 0 fully saturated rings. The van der Waals surface area contributed by atoms with Gasteiger partial charge >= 0.3 is 5.97 Å². The molecule has 19 heavy (non-hydrogen) atoms. The standard InChI is InChI=1S/C13H13FN2O2S/c1-7(2)5-10-11(13(17)18)19-12(16-10)8-3-4-15-6-9(8)14/h3-4,6-7H,5H2,1-2H3,(H,17,18). The lowest BCUT2D eigenvalue weighted by atomic mass is 10.1. The Bertz CT molecular complexity index is 610. The van der Waals surface area contributed by atoms with Crippen LogP contribution in [0.1, 0.15) is 29.2 Å². The first-order chi connectivity index (χ1) is 8.99. The van der Waals surface area contributed by atoms with Crippen molar-refractivity contribution in [2.24, 2.45) is 5.92 Å². The molecule has 1 N–H and O–H groups in total. The van der Waals surface area contributed by atoms with E-state index in [2.05, 4.69) is 9.97 Å². The van der Waals surface area contributed by atoms with E-state index in [0.717, 1.165) is 17.5 Å². The van der Waals surface area contributed by atoms with Crippen LogP contribution in [0.5, 0.6) is 0 Å². The van der Waals surface area contributed by atoms with Gasteiger partial charge in [-0.3, -0.25) is 4.98 Å². The molecule has 0 radical (unpaired) electrons. The van der Waals surface area contributed by atoms with Crippen LogP contribution in [0, 0.1) is 11.7 Å². The molecule has 0 bridgehead atoms. The van der Waals surface area contributed by atoms with Crippen molar-refractivity contribution in [1.29, 1.82) is 0 Å². The molecule has 0 aliphatic rings. The van der Waals surface area contributed by atoms with Gasteiger partial charge in [-0.25, -0.2) is 14.2 Å². The van der Waals surface area contributed by atoms with Crippen LogP contribution in [-0.4, -0.2) is 21.0 Å². The summed E-state index contributed by atoms with van der Waals surface area (Å²) in [6.45, 7) is 3.97. The van der Waals surface area contributed by atoms with Crippen molar-refractivity contribution in [3.63, 3.8) is 0 Å². The van der Waals surface area contributed by atoms with E-state index in [-0.39, 0.29) is 16.4 Å². The Morgan fingerprint density at radius 3 is 2.84 bits per heavy atom. The van der Waals surface area contributed by atoms with E-state index < -0.39 is 11.8 Å². The SMILES string of the molecule is CC(C)Cc1nc(-c2ccncc2F)sc1C(=O)O. The summed E-state index contributed by atoms with van der Waals surface area (Å²) in [4.78, 5) is 19.3. The largest absolute Gasteiger partial charge is 0.477 e. The molecule has 0 saturated carbocycles. The number of aromatic carboxylic acids is 1. The van der Waals surface area contributed by atoms with E-state index in [1.165, 1.54) is 12.3 Å². The summed E-state index contributed by atoms with van der Waals surface area (Å²) in [6.07, 6.45) is 3.12. The minimum Gasteiger partial charge on any atom is -0.477 e. The molecule has 2 aromatic heterocycles. The summed E-state index contributed by atoms with van der Waals surface area (Å²) < 4.78 is 13.6. The topological polar surface area (TPSA) is 63.1 Å². The van der Waals surface area contributed by atoms with E-state index in [0.29, 0.717) is 17.1 Å². The number of thiazole rings is 1. The summed E-state index contributed by atoms with van der Waals surface area (Å²) >= 11 is 0.998. The molecule has 6 heteroatoms. The van der Waals surface area contributed by atoms with Crippen molar-refractivity contribution >= 4 is 17.3 Å². The second kappa shape index (κ2) is 5.44. The average Bonchev–Trinajstić information content (AvgIpc) is 2.72. The molecule has 0 atom stereocenters. The second-order valence-corrected chi connectivity index (χ2v) is 5.55. The van der Waals surface area contributed by atoms with Crippen LogP contribution in [0.2, 0.25) is 0 Å². The molecule has 0 spiro atoms. The van der Waals surface area contributed by atoms with Crippen LogP contribution >= 0.6 is 11.3 Å². The highest BCUT2D eigenvalue weighted by molar-refractivity contribution is 7.17. The number of carboxylic acids is 1. The van der Waals surface area contributed by atoms with Gasteiger partial charge in [0.05, 0.1) is 11.9 Å². The molecular weight excluding hydrogens is 267 g/mol. The molecule has 0 saturated heterocycles. The number of nitrogens with zero attached hydrogens (tertiary/aromatic N) is 2. The van der Waals surface area contributed by atoms with Gasteiger partial charge in [-0.2, -0.15) is 0 Å². The van der Waals surface area contributed by atoms with Crippen LogP contribution < -0.4 is 0 Å². The lowest BCUT2D eigenvalue weighted by molar-refractivity contribution is 0.0700. The molecule has 2 rings (SSSR count). The molecule has 4 nitrogen and oxygen atoms in total. The molecule has 2 aromatic rings. The number of hydrogen-bond acceptors (Lipinski definition) is 4. The van der Waals surface area contributed by atoms with E-state index in [1.54, 1.807) is 0 Å². The molecule has 2 heterocycles. The van der Waals surface area contributed by atoms with Crippen LogP contribution in [0.15, 0.2) is 18.5 Å². The van der Waals surface area contributed by atoms with Crippen molar-refractivity contribution in [3.05, 3.63) is 34.8 Å². The molecule has 0 aliphatic carbocycles. The second-order valence-electron chi connectivity index (χ2n) is 4.55. The Labute approximate surface area is 114 Å². The maximum atomic E-state index is 13.6. The third-order valence-corrected chi connectivity index (χ3v) is 3.61. The third kappa shape index (κ3) is 2.96. The van der Waals surface area contributed by atoms with E-state index in [4.69, 9.17) is 0 Å². The Morgan fingerprint density at radius 1 is 1.53 bits per heavy atom. The molecule has 0 amide bonds. The predicted octanol–water partition coefficient (Wildman–Crippen LogP) is 3.24. The van der Waals surface area contributed by atoms with Crippen LogP contribution in [0.3, 0.4) is 0 Å². The molecule has 100 valence electrons. The smallest absolute Gasteiger partial charge is 0.347 e. The van der Waals surface area contributed by atoms with Gasteiger partial charge in [0.1, 0.15) is 9.88 Å². The molecule has 0 aromatic carbocycles. The molecular formula is C13H13FN2O2S. The van der Waals surface area contributed by atoms with Gasteiger partial charge in [-0.1, -0.05) is 13.8 Å². The Balaban J connectivity index is 2.49. The van der Waals surface area contributed by atoms with Crippen molar-refractivity contribution < 1.29 is 14.3 Å². The average molecular weight is 280 g/mol. The zero-order valence-corrected chi connectivity index (χ0v) is 11.4. The van der Waals surface area contributed by atoms with Crippen molar-refractivity contribution in [1.82, 2.24) is 9.97 Å². The van der Waals surface area contributed by atoms with Crippen molar-refractivity contribution in [3.8, 4) is 10.6 Å². The van der Waals surface area contributed by atoms with Crippen LogP contribution in [0.25, 0.3) is 10.6 Å². The van der Waals surface area contributed by atoms with Crippen LogP contribution in [0.4, 0.5) is 4.39 Å². The first-order valence-electron chi connectivity index (χ1n) is 5.82. The van der Waals surface area contributed by atoms with Gasteiger partial charge in [0.2, 0.25) is 0 Å². The summed E-state index contributed by atoms with van der Waals surface area (Å²) in [5.74, 6) is -1.23. The fourth-order valence-corrected chi connectivity index (χ4v) is 2.67. The van der Waals surface area contributed by atoms with Gasteiger partial charge in [-0.15, -0.1) is 11.3 Å². The van der Waals surface area contributed by atoms with Crippen molar-refractivity contribution in [2.75, 3.05) is 0 Å². The minimum absolute atomic E-state index is 0.180. The highest BCUT2D eigenvalue weighted by Gasteiger charge is 2.20. The number of pyridine rings is 1. The number of carbonyl (C=O) groups is 1. The molecule has 0 aliphatic heterocycles. The number of carboxylic acid groups (broad SMARTS) is 1. The van der Waals surface area contributed by atoms with E-state index >= 15 is 0 Å². The Hall–Kier alpha value is -1.82. The van der Waals surface area contributed by atoms with Gasteiger partial charge in [0.15, 0.2) is 5.82 Å². The lowest BCUT2D eigenvalue weighted by Crippen LogP contribution is -2.02. The zero-order chi connectivity index (χ0) is 14.0. The minimum atomic E-state index is -1.02. The maximum absolute atomic E-state index is 13.6. The van der Waals surface area contributed by atoms with E-state index in [9.17, 15) is 14.3 Å². The third-order valence-electron chi connectivity index (χ3n) is 2.50. The number of halogens is 1. The number of rotatable bonds is 4. The van der Waals surface area contributed by atoms with E-state index in [1.807, 2.05) is 13.8 Å². The maximum Gasteiger partial charge on any atom is 0.347 e. The summed E-state index contributed by atoms with van der Waals surface area (Å²) in [7, 11) is 0. The quantitative estimate of drug-likeness (QED) is 0.933. The summed E-state index contributed by atoms with van der Waals surface area (Å²) in [6, 6.07) is 1.50. The first kappa shape index (κ1) is 13.6. The monoisotopic (exact) mass is 280 g/mol. The normalized spacial score (nSPS) is 10.9. The number of aromatic nitrogens is 2. The predicted molar refractivity (Wildman–Crippen MR) is 70.8 cm³/mol. The fraction of sp³-hybridized carbons (Fsp3) is 0.308. The van der Waals surface area contributed by atoms with Crippen LogP contribution in [-0.2, 0) is 6.42 Å². The summed E-state index contributed by atoms with van der Waals surface area (Å²) in [5, 5.41) is 9.55. The molecule has 0 unspecified atom stereocenters. The zero-order valence-electron chi connectivity index (χ0n) is 10.6. The summed E-state index contributed by atoms with van der Waals surface area (Å²) in [5.41, 5.74) is 0.802. The highest BCUT2D eigenvalue weighted by Crippen LogP contribution is 2.30. The van der Waals surface area contributed by atoms with Gasteiger partial charge in [0.25, 0.3) is 0 Å². The Kier molecular flexibility index (Phi) is 3.90. The number of hydrogen-bond donors (Lipinski definition) is 1. The van der Waals surface area contributed by atoms with Gasteiger partial charge < -0.3 is 5.11 Å². The lowest BCUT2D eigenvalue weighted by Gasteiger charge is -2.01. The van der Waals surface area contributed by atoms with Gasteiger partial charge in [0, 0.05) is 11.8 Å². The van der Waals surface area contributed by atoms with Gasteiger partial charge in [-0.05, 0) is 18.4 Å². The highest BCUT2D eigenvalue weighted by atomic mass is 32.1.